The summed E-state index contributed by atoms with van der Waals surface area (Å²) in [6.45, 7) is 5.94. The van der Waals surface area contributed by atoms with Crippen LogP contribution in [-0.4, -0.2) is 5.78 Å². The van der Waals surface area contributed by atoms with Crippen LogP contribution in [0.3, 0.4) is 0 Å². The Kier molecular flexibility index (Phi) is 4.57. The molecule has 0 N–H and O–H groups in total. The first kappa shape index (κ1) is 16.9. The lowest BCUT2D eigenvalue weighted by Crippen LogP contribution is -2.00. The monoisotopic (exact) mass is 362 g/mol. The Morgan fingerprint density at radius 2 is 1.88 bits per heavy atom. The number of hydrogen-bond acceptors (Lipinski definition) is 3. The van der Waals surface area contributed by atoms with E-state index in [2.05, 4.69) is 0 Å². The molecule has 1 aliphatic heterocycles. The molecule has 0 spiro atoms. The molecule has 0 bridgehead atoms. The largest absolute Gasteiger partial charge is 0.488 e. The van der Waals surface area contributed by atoms with Crippen molar-refractivity contribution in [2.24, 2.45) is 0 Å². The van der Waals surface area contributed by atoms with Gasteiger partial charge in [-0.3, -0.25) is 4.79 Å². The second kappa shape index (κ2) is 6.50. The van der Waals surface area contributed by atoms with Crippen LogP contribution in [0, 0.1) is 6.92 Å². The minimum atomic E-state index is -0.0795. The van der Waals surface area contributed by atoms with Crippen molar-refractivity contribution in [1.82, 2.24) is 0 Å². The van der Waals surface area contributed by atoms with Gasteiger partial charge in [0.2, 0.25) is 5.78 Å². The van der Waals surface area contributed by atoms with Gasteiger partial charge in [0.15, 0.2) is 5.76 Å². The van der Waals surface area contributed by atoms with Crippen LogP contribution in [0.5, 0.6) is 11.5 Å². The van der Waals surface area contributed by atoms with Gasteiger partial charge in [0.25, 0.3) is 0 Å². The molecule has 2 aromatic rings. The SMILES string of the molecule is CC(C)=C1Oc2c(ccc(OCc3ccc(Cl)c(Cl)c3)c2C)C1=O. The predicted molar refractivity (Wildman–Crippen MR) is 95.3 cm³/mol. The van der Waals surface area contributed by atoms with Crippen LogP contribution in [0.1, 0.15) is 35.3 Å². The zero-order valence-electron chi connectivity index (χ0n) is 13.6. The molecule has 3 rings (SSSR count). The van der Waals surface area contributed by atoms with Gasteiger partial charge >= 0.3 is 0 Å². The zero-order chi connectivity index (χ0) is 17.4. The van der Waals surface area contributed by atoms with Crippen molar-refractivity contribution >= 4 is 29.0 Å². The van der Waals surface area contributed by atoms with Gasteiger partial charge in [-0.25, -0.2) is 0 Å². The van der Waals surface area contributed by atoms with Crippen molar-refractivity contribution in [3.05, 3.63) is 68.4 Å². The normalized spacial score (nSPS) is 12.9. The van der Waals surface area contributed by atoms with E-state index < -0.39 is 0 Å². The third-order valence-electron chi connectivity index (χ3n) is 3.84. The van der Waals surface area contributed by atoms with Crippen LogP contribution < -0.4 is 9.47 Å². The molecule has 0 fully saturated rings. The van der Waals surface area contributed by atoms with Gasteiger partial charge < -0.3 is 9.47 Å². The maximum Gasteiger partial charge on any atom is 0.231 e. The molecular formula is C19H16Cl2O3. The molecule has 1 heterocycles. The average molecular weight is 363 g/mol. The smallest absolute Gasteiger partial charge is 0.231 e. The molecule has 0 saturated heterocycles. The molecule has 0 aromatic heterocycles. The Balaban J connectivity index is 1.84. The summed E-state index contributed by atoms with van der Waals surface area (Å²) in [5.74, 6) is 1.56. The Hall–Kier alpha value is -1.97. The molecule has 24 heavy (non-hydrogen) atoms. The predicted octanol–water partition coefficient (Wildman–Crippen LogP) is 5.75. The van der Waals surface area contributed by atoms with Crippen molar-refractivity contribution in [3.63, 3.8) is 0 Å². The molecule has 0 aliphatic carbocycles. The van der Waals surface area contributed by atoms with Crippen molar-refractivity contribution in [2.45, 2.75) is 27.4 Å². The number of Topliss-reactive ketones (excluding diaryl/α,β-unsaturated/α-hetero) is 1. The third-order valence-corrected chi connectivity index (χ3v) is 4.58. The first-order chi connectivity index (χ1) is 11.4. The van der Waals surface area contributed by atoms with Crippen LogP contribution in [0.25, 0.3) is 0 Å². The number of ether oxygens (including phenoxy) is 2. The van der Waals surface area contributed by atoms with E-state index in [-0.39, 0.29) is 5.78 Å². The van der Waals surface area contributed by atoms with Crippen molar-refractivity contribution in [3.8, 4) is 11.5 Å². The third kappa shape index (κ3) is 3.02. The molecule has 0 unspecified atom stereocenters. The van der Waals surface area contributed by atoms with Gasteiger partial charge in [-0.1, -0.05) is 29.3 Å². The van der Waals surface area contributed by atoms with E-state index >= 15 is 0 Å². The maximum atomic E-state index is 12.3. The first-order valence-electron chi connectivity index (χ1n) is 7.49. The maximum absolute atomic E-state index is 12.3. The van der Waals surface area contributed by atoms with E-state index in [1.807, 2.05) is 26.8 Å². The number of fused-ring (bicyclic) bond motifs is 1. The Labute approximate surface area is 150 Å². The molecule has 5 heteroatoms. The molecule has 2 aromatic carbocycles. The fourth-order valence-corrected chi connectivity index (χ4v) is 2.85. The van der Waals surface area contributed by atoms with Gasteiger partial charge in [-0.15, -0.1) is 0 Å². The summed E-state index contributed by atoms with van der Waals surface area (Å²) in [5, 5.41) is 1.00. The number of carbonyl (C=O) groups is 1. The Morgan fingerprint density at radius 3 is 2.54 bits per heavy atom. The van der Waals surface area contributed by atoms with Gasteiger partial charge in [-0.05, 0) is 56.2 Å². The second-order valence-corrected chi connectivity index (χ2v) is 6.68. The molecule has 0 amide bonds. The van der Waals surface area contributed by atoms with E-state index in [1.54, 1.807) is 24.3 Å². The first-order valence-corrected chi connectivity index (χ1v) is 8.24. The minimum absolute atomic E-state index is 0.0795. The van der Waals surface area contributed by atoms with Crippen LogP contribution in [0.15, 0.2) is 41.7 Å². The highest BCUT2D eigenvalue weighted by Gasteiger charge is 2.30. The van der Waals surface area contributed by atoms with Gasteiger partial charge in [0.1, 0.15) is 18.1 Å². The summed E-state index contributed by atoms with van der Waals surface area (Å²) in [6, 6.07) is 8.90. The van der Waals surface area contributed by atoms with Crippen LogP contribution in [0.2, 0.25) is 10.0 Å². The summed E-state index contributed by atoms with van der Waals surface area (Å²) in [5.41, 5.74) is 3.14. The van der Waals surface area contributed by atoms with Crippen LogP contribution in [0.4, 0.5) is 0 Å². The lowest BCUT2D eigenvalue weighted by atomic mass is 10.1. The number of benzene rings is 2. The summed E-state index contributed by atoms with van der Waals surface area (Å²) in [6.07, 6.45) is 0. The molecule has 0 radical (unpaired) electrons. The number of allylic oxidation sites excluding steroid dienone is 2. The Bertz CT molecular complexity index is 865. The van der Waals surface area contributed by atoms with E-state index in [1.165, 1.54) is 0 Å². The number of halogens is 2. The number of carbonyl (C=O) groups excluding carboxylic acids is 1. The standard InChI is InChI=1S/C19H16Cl2O3/c1-10(2)18-17(22)13-5-7-16(11(3)19(13)24-18)23-9-12-4-6-14(20)15(21)8-12/h4-8H,9H2,1-3H3. The quantitative estimate of drug-likeness (QED) is 0.652. The molecule has 0 atom stereocenters. The fraction of sp³-hybridized carbons (Fsp3) is 0.211. The highest BCUT2D eigenvalue weighted by atomic mass is 35.5. The van der Waals surface area contributed by atoms with Gasteiger partial charge in [-0.2, -0.15) is 0 Å². The average Bonchev–Trinajstić information content (AvgIpc) is 2.88. The molecule has 1 aliphatic rings. The number of ketones is 1. The molecule has 0 saturated carbocycles. The summed E-state index contributed by atoms with van der Waals surface area (Å²) in [7, 11) is 0. The highest BCUT2D eigenvalue weighted by molar-refractivity contribution is 6.42. The fourth-order valence-electron chi connectivity index (χ4n) is 2.53. The van der Waals surface area contributed by atoms with Gasteiger partial charge in [0.05, 0.1) is 15.6 Å². The summed E-state index contributed by atoms with van der Waals surface area (Å²) in [4.78, 5) is 12.3. The summed E-state index contributed by atoms with van der Waals surface area (Å²) < 4.78 is 11.6. The van der Waals surface area contributed by atoms with Crippen LogP contribution in [-0.2, 0) is 6.61 Å². The molecule has 124 valence electrons. The summed E-state index contributed by atoms with van der Waals surface area (Å²) >= 11 is 11.9. The van der Waals surface area contributed by atoms with Crippen molar-refractivity contribution in [1.29, 1.82) is 0 Å². The number of rotatable bonds is 3. The van der Waals surface area contributed by atoms with Crippen molar-refractivity contribution in [2.75, 3.05) is 0 Å². The van der Waals surface area contributed by atoms with E-state index in [4.69, 9.17) is 32.7 Å². The highest BCUT2D eigenvalue weighted by Crippen LogP contribution is 2.39. The lowest BCUT2D eigenvalue weighted by Gasteiger charge is -2.12. The van der Waals surface area contributed by atoms with Gasteiger partial charge in [0, 0.05) is 5.56 Å². The Morgan fingerprint density at radius 1 is 1.12 bits per heavy atom. The minimum Gasteiger partial charge on any atom is -0.488 e. The van der Waals surface area contributed by atoms with E-state index in [0.29, 0.717) is 39.5 Å². The van der Waals surface area contributed by atoms with E-state index in [9.17, 15) is 4.79 Å². The van der Waals surface area contributed by atoms with Crippen LogP contribution >= 0.6 is 23.2 Å². The zero-order valence-corrected chi connectivity index (χ0v) is 15.1. The lowest BCUT2D eigenvalue weighted by molar-refractivity contribution is 0.101. The topological polar surface area (TPSA) is 35.5 Å². The molecule has 3 nitrogen and oxygen atoms in total. The number of hydrogen-bond donors (Lipinski definition) is 0. The molecular weight excluding hydrogens is 347 g/mol. The van der Waals surface area contributed by atoms with E-state index in [0.717, 1.165) is 16.7 Å². The second-order valence-electron chi connectivity index (χ2n) is 5.86. The van der Waals surface area contributed by atoms with Crippen molar-refractivity contribution < 1.29 is 14.3 Å².